The molecule has 0 unspecified atom stereocenters. The third-order valence-electron chi connectivity index (χ3n) is 5.02. The standard InChI is InChI=1S/C23H19NO2/c1-15-12-13-16(2)20(14-15)24-23(17-8-4-3-5-9-17)21(25)18-10-6-7-11-19(18)22(23)26/h3-14,24H,1-2H3. The van der Waals surface area contributed by atoms with Crippen molar-refractivity contribution in [2.24, 2.45) is 0 Å². The van der Waals surface area contributed by atoms with Crippen LogP contribution < -0.4 is 5.32 Å². The first-order chi connectivity index (χ1) is 12.5. The van der Waals surface area contributed by atoms with Crippen molar-refractivity contribution >= 4 is 17.3 Å². The molecule has 0 atom stereocenters. The molecule has 1 aliphatic carbocycles. The average Bonchev–Trinajstić information content (AvgIpc) is 2.88. The quantitative estimate of drug-likeness (QED) is 0.703. The number of anilines is 1. The normalized spacial score (nSPS) is 15.0. The lowest BCUT2D eigenvalue weighted by Crippen LogP contribution is -2.46. The first kappa shape index (κ1) is 16.3. The number of ketones is 2. The van der Waals surface area contributed by atoms with Gasteiger partial charge in [-0.2, -0.15) is 0 Å². The Bertz CT molecular complexity index is 986. The number of carbonyl (C=O) groups is 2. The number of fused-ring (bicyclic) bond motifs is 1. The van der Waals surface area contributed by atoms with Crippen molar-refractivity contribution in [2.75, 3.05) is 5.32 Å². The maximum Gasteiger partial charge on any atom is 0.201 e. The molecule has 0 spiro atoms. The minimum atomic E-state index is -1.43. The highest BCUT2D eigenvalue weighted by Crippen LogP contribution is 2.41. The van der Waals surface area contributed by atoms with Crippen LogP contribution in [-0.2, 0) is 5.54 Å². The Morgan fingerprint density at radius 3 is 1.92 bits per heavy atom. The summed E-state index contributed by atoms with van der Waals surface area (Å²) in [4.78, 5) is 26.9. The van der Waals surface area contributed by atoms with Gasteiger partial charge in [0.25, 0.3) is 0 Å². The molecule has 3 aromatic carbocycles. The van der Waals surface area contributed by atoms with E-state index in [0.29, 0.717) is 16.7 Å². The topological polar surface area (TPSA) is 46.2 Å². The Kier molecular flexibility index (Phi) is 3.73. The summed E-state index contributed by atoms with van der Waals surface area (Å²) in [5.41, 5.74) is 3.02. The van der Waals surface area contributed by atoms with Crippen LogP contribution in [0.5, 0.6) is 0 Å². The smallest absolute Gasteiger partial charge is 0.201 e. The van der Waals surface area contributed by atoms with Crippen LogP contribution in [0, 0.1) is 13.8 Å². The van der Waals surface area contributed by atoms with Gasteiger partial charge in [-0.3, -0.25) is 9.59 Å². The van der Waals surface area contributed by atoms with Crippen molar-refractivity contribution in [3.63, 3.8) is 0 Å². The molecule has 0 fully saturated rings. The highest BCUT2D eigenvalue weighted by Gasteiger charge is 2.54. The SMILES string of the molecule is Cc1ccc(C)c(NC2(c3ccccc3)C(=O)c3ccccc3C2=O)c1. The van der Waals surface area contributed by atoms with Gasteiger partial charge in [-0.15, -0.1) is 0 Å². The maximum absolute atomic E-state index is 13.4. The third-order valence-corrected chi connectivity index (χ3v) is 5.02. The number of rotatable bonds is 3. The van der Waals surface area contributed by atoms with Crippen LogP contribution in [0.2, 0.25) is 0 Å². The minimum Gasteiger partial charge on any atom is -0.362 e. The van der Waals surface area contributed by atoms with E-state index in [1.165, 1.54) is 0 Å². The molecule has 0 amide bonds. The number of hydrogen-bond acceptors (Lipinski definition) is 3. The molecule has 128 valence electrons. The fourth-order valence-electron chi connectivity index (χ4n) is 3.59. The van der Waals surface area contributed by atoms with E-state index >= 15 is 0 Å². The second kappa shape index (κ2) is 5.95. The molecular formula is C23H19NO2. The van der Waals surface area contributed by atoms with Crippen molar-refractivity contribution in [3.8, 4) is 0 Å². The first-order valence-corrected chi connectivity index (χ1v) is 8.63. The van der Waals surface area contributed by atoms with Gasteiger partial charge >= 0.3 is 0 Å². The fraction of sp³-hybridized carbons (Fsp3) is 0.130. The molecule has 0 aromatic heterocycles. The molecule has 3 nitrogen and oxygen atoms in total. The van der Waals surface area contributed by atoms with Crippen LogP contribution in [0.3, 0.4) is 0 Å². The molecule has 0 heterocycles. The summed E-state index contributed by atoms with van der Waals surface area (Å²) in [6, 6.07) is 22.3. The minimum absolute atomic E-state index is 0.204. The zero-order chi connectivity index (χ0) is 18.3. The number of Topliss-reactive ketones (excluding diaryl/α,β-unsaturated/α-hetero) is 2. The van der Waals surface area contributed by atoms with E-state index in [1.807, 2.05) is 62.4 Å². The Balaban J connectivity index is 1.95. The summed E-state index contributed by atoms with van der Waals surface area (Å²) in [5, 5.41) is 3.33. The molecule has 0 bridgehead atoms. The zero-order valence-corrected chi connectivity index (χ0v) is 14.7. The van der Waals surface area contributed by atoms with Gasteiger partial charge in [0, 0.05) is 16.8 Å². The number of nitrogens with one attached hydrogen (secondary N) is 1. The molecule has 26 heavy (non-hydrogen) atoms. The average molecular weight is 341 g/mol. The molecule has 1 N–H and O–H groups in total. The van der Waals surface area contributed by atoms with E-state index in [9.17, 15) is 9.59 Å². The largest absolute Gasteiger partial charge is 0.362 e. The molecule has 0 saturated carbocycles. The van der Waals surface area contributed by atoms with Gasteiger partial charge in [-0.05, 0) is 36.6 Å². The molecule has 1 aliphatic rings. The van der Waals surface area contributed by atoms with Gasteiger partial charge in [-0.25, -0.2) is 0 Å². The van der Waals surface area contributed by atoms with Crippen LogP contribution in [0.1, 0.15) is 37.4 Å². The highest BCUT2D eigenvalue weighted by molar-refractivity contribution is 6.34. The van der Waals surface area contributed by atoms with Crippen molar-refractivity contribution in [2.45, 2.75) is 19.4 Å². The summed E-state index contributed by atoms with van der Waals surface area (Å²) in [5.74, 6) is -0.407. The summed E-state index contributed by atoms with van der Waals surface area (Å²) in [6.07, 6.45) is 0. The fourth-order valence-corrected chi connectivity index (χ4v) is 3.59. The van der Waals surface area contributed by atoms with Crippen LogP contribution in [-0.4, -0.2) is 11.6 Å². The molecule has 3 aromatic rings. The second-order valence-corrected chi connectivity index (χ2v) is 6.76. The van der Waals surface area contributed by atoms with Crippen LogP contribution in [0.4, 0.5) is 5.69 Å². The van der Waals surface area contributed by atoms with Gasteiger partial charge in [0.15, 0.2) is 5.54 Å². The van der Waals surface area contributed by atoms with Crippen LogP contribution >= 0.6 is 0 Å². The van der Waals surface area contributed by atoms with E-state index in [1.54, 1.807) is 24.3 Å². The van der Waals surface area contributed by atoms with E-state index in [0.717, 1.165) is 16.8 Å². The van der Waals surface area contributed by atoms with E-state index < -0.39 is 5.54 Å². The monoisotopic (exact) mass is 341 g/mol. The summed E-state index contributed by atoms with van der Waals surface area (Å²) < 4.78 is 0. The summed E-state index contributed by atoms with van der Waals surface area (Å²) in [6.45, 7) is 3.96. The Morgan fingerprint density at radius 2 is 1.31 bits per heavy atom. The highest BCUT2D eigenvalue weighted by atomic mass is 16.2. The predicted octanol–water partition coefficient (Wildman–Crippen LogP) is 4.69. The number of aryl methyl sites for hydroxylation is 2. The van der Waals surface area contributed by atoms with E-state index in [2.05, 4.69) is 5.32 Å². The molecule has 0 aliphatic heterocycles. The molecule has 0 saturated heterocycles. The van der Waals surface area contributed by atoms with Gasteiger partial charge in [-0.1, -0.05) is 66.7 Å². The summed E-state index contributed by atoms with van der Waals surface area (Å²) >= 11 is 0. The number of carbonyl (C=O) groups excluding carboxylic acids is 2. The Labute approximate surface area is 152 Å². The third kappa shape index (κ3) is 2.28. The molecule has 0 radical (unpaired) electrons. The molecular weight excluding hydrogens is 322 g/mol. The lowest BCUT2D eigenvalue weighted by molar-refractivity contribution is 0.0819. The van der Waals surface area contributed by atoms with Gasteiger partial charge in [0.1, 0.15) is 0 Å². The van der Waals surface area contributed by atoms with Crippen LogP contribution in [0.25, 0.3) is 0 Å². The zero-order valence-electron chi connectivity index (χ0n) is 14.7. The lowest BCUT2D eigenvalue weighted by atomic mass is 9.84. The van der Waals surface area contributed by atoms with E-state index in [-0.39, 0.29) is 11.6 Å². The molecule has 3 heteroatoms. The van der Waals surface area contributed by atoms with Crippen LogP contribution in [0.15, 0.2) is 72.8 Å². The lowest BCUT2D eigenvalue weighted by Gasteiger charge is -2.30. The Morgan fingerprint density at radius 1 is 0.731 bits per heavy atom. The van der Waals surface area contributed by atoms with Crippen molar-refractivity contribution < 1.29 is 9.59 Å². The Hall–Kier alpha value is -3.20. The number of benzene rings is 3. The van der Waals surface area contributed by atoms with Gasteiger partial charge < -0.3 is 5.32 Å². The van der Waals surface area contributed by atoms with E-state index in [4.69, 9.17) is 0 Å². The summed E-state index contributed by atoms with van der Waals surface area (Å²) in [7, 11) is 0. The van der Waals surface area contributed by atoms with Gasteiger partial charge in [0.2, 0.25) is 11.6 Å². The van der Waals surface area contributed by atoms with Crippen molar-refractivity contribution in [1.82, 2.24) is 0 Å². The van der Waals surface area contributed by atoms with Crippen molar-refractivity contribution in [1.29, 1.82) is 0 Å². The molecule has 4 rings (SSSR count). The second-order valence-electron chi connectivity index (χ2n) is 6.76. The van der Waals surface area contributed by atoms with Crippen molar-refractivity contribution in [3.05, 3.63) is 101 Å². The first-order valence-electron chi connectivity index (χ1n) is 8.63. The van der Waals surface area contributed by atoms with Gasteiger partial charge in [0.05, 0.1) is 0 Å². The predicted molar refractivity (Wildman–Crippen MR) is 103 cm³/mol. The number of hydrogen-bond donors (Lipinski definition) is 1. The maximum atomic E-state index is 13.4.